The first-order chi connectivity index (χ1) is 11.4. The summed E-state index contributed by atoms with van der Waals surface area (Å²) in [5.41, 5.74) is 2.85. The van der Waals surface area contributed by atoms with Gasteiger partial charge in [0.15, 0.2) is 0 Å². The van der Waals surface area contributed by atoms with Crippen molar-refractivity contribution in [2.45, 2.75) is 96.3 Å². The summed E-state index contributed by atoms with van der Waals surface area (Å²) < 4.78 is 32.5. The van der Waals surface area contributed by atoms with E-state index in [1.165, 1.54) is 57.4 Å². The Labute approximate surface area is 148 Å². The van der Waals surface area contributed by atoms with Crippen molar-refractivity contribution in [1.29, 1.82) is 0 Å². The first-order valence-corrected chi connectivity index (χ1v) is 10.9. The van der Waals surface area contributed by atoms with Crippen LogP contribution in [0.25, 0.3) is 0 Å². The zero-order valence-electron chi connectivity index (χ0n) is 15.6. The van der Waals surface area contributed by atoms with E-state index in [9.17, 15) is 13.0 Å². The largest absolute Gasteiger partial charge is 0.294 e. The Morgan fingerprint density at radius 3 is 1.83 bits per heavy atom. The van der Waals surface area contributed by atoms with Crippen LogP contribution in [0.15, 0.2) is 17.0 Å². The summed E-state index contributed by atoms with van der Waals surface area (Å²) >= 11 is 0. The lowest BCUT2D eigenvalue weighted by molar-refractivity contribution is 0.481. The molecule has 0 amide bonds. The fourth-order valence-corrected chi connectivity index (χ4v) is 4.00. The van der Waals surface area contributed by atoms with E-state index in [2.05, 4.69) is 6.92 Å². The van der Waals surface area contributed by atoms with Crippen molar-refractivity contribution in [2.75, 3.05) is 0 Å². The van der Waals surface area contributed by atoms with Gasteiger partial charge >= 0.3 is 0 Å². The van der Waals surface area contributed by atoms with E-state index in [1.54, 1.807) is 6.07 Å². The molecule has 0 atom stereocenters. The summed E-state index contributed by atoms with van der Waals surface area (Å²) in [4.78, 5) is 0.0847. The molecule has 24 heavy (non-hydrogen) atoms. The molecule has 0 unspecified atom stereocenters. The predicted octanol–water partition coefficient (Wildman–Crippen LogP) is 6.01. The molecule has 0 heterocycles. The molecule has 1 aromatic rings. The lowest BCUT2D eigenvalue weighted by Gasteiger charge is -2.13. The van der Waals surface area contributed by atoms with Crippen LogP contribution in [-0.2, 0) is 16.5 Å². The van der Waals surface area contributed by atoms with Crippen molar-refractivity contribution in [3.8, 4) is 0 Å². The van der Waals surface area contributed by atoms with Crippen LogP contribution in [0.3, 0.4) is 0 Å². The highest BCUT2D eigenvalue weighted by Crippen LogP contribution is 2.24. The van der Waals surface area contributed by atoms with Crippen LogP contribution in [0.1, 0.15) is 87.8 Å². The number of hydrogen-bond acceptors (Lipinski definition) is 2. The Kier molecular flexibility index (Phi) is 9.60. The second-order valence-electron chi connectivity index (χ2n) is 6.89. The van der Waals surface area contributed by atoms with E-state index in [0.29, 0.717) is 0 Å². The van der Waals surface area contributed by atoms with Crippen LogP contribution in [0.2, 0.25) is 0 Å². The predicted molar refractivity (Wildman–Crippen MR) is 101 cm³/mol. The number of hydrogen-bond donors (Lipinski definition) is 1. The molecule has 0 aliphatic rings. The van der Waals surface area contributed by atoms with Crippen molar-refractivity contribution in [2.24, 2.45) is 0 Å². The zero-order valence-corrected chi connectivity index (χ0v) is 16.4. The average molecular weight is 355 g/mol. The molecule has 0 aliphatic heterocycles. The lowest BCUT2D eigenvalue weighted by Crippen LogP contribution is -2.06. The highest BCUT2D eigenvalue weighted by Gasteiger charge is 2.17. The second kappa shape index (κ2) is 10.9. The molecule has 1 N–H and O–H groups in total. The van der Waals surface area contributed by atoms with E-state index in [0.717, 1.165) is 36.0 Å². The minimum atomic E-state index is -4.14. The number of rotatable bonds is 12. The fourth-order valence-electron chi connectivity index (χ4n) is 3.19. The topological polar surface area (TPSA) is 54.4 Å². The molecule has 0 bridgehead atoms. The van der Waals surface area contributed by atoms with Crippen LogP contribution in [-0.4, -0.2) is 13.0 Å². The molecule has 138 valence electrons. The normalized spacial score (nSPS) is 11.8. The summed E-state index contributed by atoms with van der Waals surface area (Å²) in [7, 11) is -4.14. The maximum atomic E-state index is 11.6. The molecule has 0 aromatic heterocycles. The molecule has 3 nitrogen and oxygen atoms in total. The van der Waals surface area contributed by atoms with Crippen LogP contribution in [0, 0.1) is 13.8 Å². The lowest BCUT2D eigenvalue weighted by atomic mass is 9.98. The van der Waals surface area contributed by atoms with Gasteiger partial charge in [0.1, 0.15) is 0 Å². The Balaban J connectivity index is 2.37. The van der Waals surface area contributed by atoms with Crippen LogP contribution in [0.4, 0.5) is 0 Å². The first kappa shape index (κ1) is 21.2. The minimum Gasteiger partial charge on any atom is -0.282 e. The van der Waals surface area contributed by atoms with Crippen molar-refractivity contribution in [3.05, 3.63) is 28.8 Å². The third-order valence-corrected chi connectivity index (χ3v) is 5.82. The van der Waals surface area contributed by atoms with Gasteiger partial charge in [-0.1, -0.05) is 70.8 Å². The van der Waals surface area contributed by atoms with Gasteiger partial charge in [-0.05, 0) is 49.4 Å². The van der Waals surface area contributed by atoms with Gasteiger partial charge in [-0.15, -0.1) is 0 Å². The highest BCUT2D eigenvalue weighted by molar-refractivity contribution is 7.85. The molecule has 1 aromatic carbocycles. The maximum Gasteiger partial charge on any atom is 0.294 e. The second-order valence-corrected chi connectivity index (χ2v) is 8.28. The van der Waals surface area contributed by atoms with Gasteiger partial charge in [0.05, 0.1) is 4.90 Å². The summed E-state index contributed by atoms with van der Waals surface area (Å²) in [5, 5.41) is 0. The highest BCUT2D eigenvalue weighted by atomic mass is 32.2. The van der Waals surface area contributed by atoms with Gasteiger partial charge in [-0.25, -0.2) is 0 Å². The van der Waals surface area contributed by atoms with Gasteiger partial charge < -0.3 is 0 Å². The van der Waals surface area contributed by atoms with Gasteiger partial charge in [-0.3, -0.25) is 4.55 Å². The van der Waals surface area contributed by atoms with Crippen molar-refractivity contribution >= 4 is 10.1 Å². The summed E-state index contributed by atoms with van der Waals surface area (Å²) in [5.74, 6) is 0. The van der Waals surface area contributed by atoms with Gasteiger partial charge in [-0.2, -0.15) is 8.42 Å². The monoisotopic (exact) mass is 354 g/mol. The smallest absolute Gasteiger partial charge is 0.282 e. The molecule has 1 rings (SSSR count). The van der Waals surface area contributed by atoms with Gasteiger partial charge in [0.25, 0.3) is 10.1 Å². The fraction of sp³-hybridized carbons (Fsp3) is 0.700. The quantitative estimate of drug-likeness (QED) is 0.369. The van der Waals surface area contributed by atoms with E-state index in [4.69, 9.17) is 0 Å². The molecule has 0 saturated heterocycles. The minimum absolute atomic E-state index is 0.0847. The molecule has 0 radical (unpaired) electrons. The Morgan fingerprint density at radius 2 is 1.33 bits per heavy atom. The van der Waals surface area contributed by atoms with E-state index >= 15 is 0 Å². The third-order valence-electron chi connectivity index (χ3n) is 4.88. The van der Waals surface area contributed by atoms with Crippen molar-refractivity contribution in [3.63, 3.8) is 0 Å². The molecule has 4 heteroatoms. The summed E-state index contributed by atoms with van der Waals surface area (Å²) in [6.07, 6.45) is 13.3. The van der Waals surface area contributed by atoms with Crippen LogP contribution < -0.4 is 0 Å². The van der Waals surface area contributed by atoms with Gasteiger partial charge in [0.2, 0.25) is 0 Å². The van der Waals surface area contributed by atoms with Crippen LogP contribution >= 0.6 is 0 Å². The molecule has 0 spiro atoms. The van der Waals surface area contributed by atoms with Crippen molar-refractivity contribution < 1.29 is 13.0 Å². The van der Waals surface area contributed by atoms with E-state index < -0.39 is 10.1 Å². The van der Waals surface area contributed by atoms with Crippen LogP contribution in [0.5, 0.6) is 0 Å². The average Bonchev–Trinajstić information content (AvgIpc) is 2.51. The van der Waals surface area contributed by atoms with E-state index in [-0.39, 0.29) is 4.90 Å². The summed E-state index contributed by atoms with van der Waals surface area (Å²) in [6.45, 7) is 6.16. The van der Waals surface area contributed by atoms with Gasteiger partial charge in [0, 0.05) is 0 Å². The third kappa shape index (κ3) is 7.35. The Morgan fingerprint density at radius 1 is 0.833 bits per heavy atom. The molecule has 0 aliphatic carbocycles. The maximum absolute atomic E-state index is 11.6. The Hall–Kier alpha value is -0.870. The zero-order chi connectivity index (χ0) is 18.0. The molecular weight excluding hydrogens is 320 g/mol. The molecule has 0 saturated carbocycles. The summed E-state index contributed by atoms with van der Waals surface area (Å²) in [6, 6.07) is 3.30. The number of unbranched alkanes of at least 4 members (excludes halogenated alkanes) is 9. The molecule has 0 fully saturated rings. The molecular formula is C20H34O3S. The first-order valence-electron chi connectivity index (χ1n) is 9.44. The van der Waals surface area contributed by atoms with E-state index in [1.807, 2.05) is 13.8 Å². The number of benzene rings is 1. The van der Waals surface area contributed by atoms with Crippen molar-refractivity contribution in [1.82, 2.24) is 0 Å². The standard InChI is InChI=1S/C20H34O3S/c1-4-5-6-7-8-9-10-11-12-13-14-19-18(3)17(2)15-16-20(19)24(21,22)23/h15-16H,4-14H2,1-3H3,(H,21,22,23). The number of aryl methyl sites for hydroxylation is 1. The SMILES string of the molecule is CCCCCCCCCCCCc1c(S(=O)(=O)O)ccc(C)c1C. The Bertz CT molecular complexity index is 591.